The molecule has 1 atom stereocenters. The zero-order valence-electron chi connectivity index (χ0n) is 6.13. The van der Waals surface area contributed by atoms with Gasteiger partial charge in [-0.2, -0.15) is 0 Å². The second-order valence-corrected chi connectivity index (χ2v) is 2.63. The Hall–Kier alpha value is 0.210. The van der Waals surface area contributed by atoms with Crippen LogP contribution in [0.2, 0.25) is 0 Å². The third-order valence-electron chi connectivity index (χ3n) is 1.08. The van der Waals surface area contributed by atoms with Crippen LogP contribution in [0.15, 0.2) is 0 Å². The second kappa shape index (κ2) is 6.33. The molecule has 0 bridgehead atoms. The molecule has 0 heterocycles. The Kier molecular flexibility index (Phi) is 8.40. The molecular weight excluding hydrogens is 136 g/mol. The fraction of sp³-hybridized carbons (Fsp3) is 1.00. The van der Waals surface area contributed by atoms with E-state index in [1.165, 1.54) is 0 Å². The first-order chi connectivity index (χ1) is 3.66. The number of hydrogen-bond acceptors (Lipinski definition) is 2. The summed E-state index contributed by atoms with van der Waals surface area (Å²) in [5.41, 5.74) is 10.8. The van der Waals surface area contributed by atoms with Crippen molar-refractivity contribution in [3.8, 4) is 0 Å². The maximum Gasteiger partial charge on any atom is 0.0165 e. The highest BCUT2D eigenvalue weighted by atomic mass is 35.5. The Morgan fingerprint density at radius 1 is 1.33 bits per heavy atom. The molecule has 0 radical (unpaired) electrons. The Bertz CT molecular complexity index is 57.0. The zero-order valence-corrected chi connectivity index (χ0v) is 6.95. The predicted molar refractivity (Wildman–Crippen MR) is 43.7 cm³/mol. The van der Waals surface area contributed by atoms with Gasteiger partial charge in [-0.3, -0.25) is 0 Å². The van der Waals surface area contributed by atoms with E-state index in [4.69, 9.17) is 11.5 Å². The van der Waals surface area contributed by atoms with E-state index in [9.17, 15) is 0 Å². The Labute approximate surface area is 63.4 Å². The summed E-state index contributed by atoms with van der Waals surface area (Å²) >= 11 is 0. The number of halogens is 1. The van der Waals surface area contributed by atoms with E-state index in [2.05, 4.69) is 13.8 Å². The average molecular weight is 153 g/mol. The van der Waals surface area contributed by atoms with E-state index in [0.29, 0.717) is 12.5 Å². The zero-order chi connectivity index (χ0) is 6.57. The Morgan fingerprint density at radius 3 is 1.89 bits per heavy atom. The van der Waals surface area contributed by atoms with Gasteiger partial charge < -0.3 is 11.5 Å². The minimum atomic E-state index is 0. The summed E-state index contributed by atoms with van der Waals surface area (Å²) < 4.78 is 0. The molecule has 0 spiro atoms. The lowest BCUT2D eigenvalue weighted by atomic mass is 10.1. The fourth-order valence-electron chi connectivity index (χ4n) is 0.702. The molecule has 1 unspecified atom stereocenters. The normalized spacial score (nSPS) is 13.0. The van der Waals surface area contributed by atoms with Crippen LogP contribution in [0.4, 0.5) is 0 Å². The van der Waals surface area contributed by atoms with Crippen LogP contribution < -0.4 is 11.5 Å². The first-order valence-corrected chi connectivity index (χ1v) is 3.12. The van der Waals surface area contributed by atoms with E-state index in [0.717, 1.165) is 6.42 Å². The lowest BCUT2D eigenvalue weighted by Gasteiger charge is -2.09. The summed E-state index contributed by atoms with van der Waals surface area (Å²) in [4.78, 5) is 0. The summed E-state index contributed by atoms with van der Waals surface area (Å²) in [5.74, 6) is 0.675. The van der Waals surface area contributed by atoms with Gasteiger partial charge in [-0.1, -0.05) is 13.8 Å². The molecule has 0 aromatic rings. The van der Waals surface area contributed by atoms with Gasteiger partial charge >= 0.3 is 0 Å². The monoisotopic (exact) mass is 152 g/mol. The van der Waals surface area contributed by atoms with Gasteiger partial charge in [-0.25, -0.2) is 0 Å². The predicted octanol–water partition coefficient (Wildman–Crippen LogP) is 0.740. The van der Waals surface area contributed by atoms with Crippen molar-refractivity contribution in [2.75, 3.05) is 6.54 Å². The summed E-state index contributed by atoms with van der Waals surface area (Å²) in [6.45, 7) is 4.91. The third kappa shape index (κ3) is 8.21. The number of rotatable bonds is 3. The molecule has 4 N–H and O–H groups in total. The molecule has 0 aliphatic rings. The van der Waals surface area contributed by atoms with Crippen molar-refractivity contribution in [1.82, 2.24) is 0 Å². The molecule has 0 fully saturated rings. The van der Waals surface area contributed by atoms with Crippen LogP contribution in [0, 0.1) is 5.92 Å². The van der Waals surface area contributed by atoms with Crippen LogP contribution in [0.25, 0.3) is 0 Å². The lowest BCUT2D eigenvalue weighted by molar-refractivity contribution is 0.501. The molecule has 0 amide bonds. The molecule has 9 heavy (non-hydrogen) atoms. The molecule has 0 aromatic carbocycles. The van der Waals surface area contributed by atoms with Crippen molar-refractivity contribution in [3.05, 3.63) is 0 Å². The summed E-state index contributed by atoms with van der Waals surface area (Å²) in [7, 11) is 0. The van der Waals surface area contributed by atoms with E-state index >= 15 is 0 Å². The van der Waals surface area contributed by atoms with Gasteiger partial charge in [0.1, 0.15) is 0 Å². The standard InChI is InChI=1S/C6H16N2.ClH/c1-5(2)3-6(8)4-7;/h5-6H,3-4,7-8H2,1-2H3;1H. The number of nitrogens with two attached hydrogens (primary N) is 2. The van der Waals surface area contributed by atoms with Crippen molar-refractivity contribution >= 4 is 12.4 Å². The highest BCUT2D eigenvalue weighted by Gasteiger charge is 2.00. The van der Waals surface area contributed by atoms with Gasteiger partial charge in [0, 0.05) is 12.6 Å². The minimum Gasteiger partial charge on any atom is -0.329 e. The maximum absolute atomic E-state index is 5.55. The molecular formula is C6H17ClN2. The van der Waals surface area contributed by atoms with Crippen molar-refractivity contribution in [1.29, 1.82) is 0 Å². The quantitative estimate of drug-likeness (QED) is 0.627. The van der Waals surface area contributed by atoms with Crippen molar-refractivity contribution < 1.29 is 0 Å². The van der Waals surface area contributed by atoms with E-state index in [-0.39, 0.29) is 18.4 Å². The van der Waals surface area contributed by atoms with Crippen molar-refractivity contribution in [3.63, 3.8) is 0 Å². The van der Waals surface area contributed by atoms with Gasteiger partial charge in [0.25, 0.3) is 0 Å². The molecule has 2 nitrogen and oxygen atoms in total. The molecule has 0 aliphatic heterocycles. The summed E-state index contributed by atoms with van der Waals surface area (Å²) in [6.07, 6.45) is 1.04. The van der Waals surface area contributed by atoms with Crippen molar-refractivity contribution in [2.24, 2.45) is 17.4 Å². The topological polar surface area (TPSA) is 52.0 Å². The van der Waals surface area contributed by atoms with Crippen LogP contribution in [0.5, 0.6) is 0 Å². The van der Waals surface area contributed by atoms with Crippen LogP contribution in [0.3, 0.4) is 0 Å². The molecule has 0 rings (SSSR count). The summed E-state index contributed by atoms with van der Waals surface area (Å²) in [5, 5.41) is 0. The maximum atomic E-state index is 5.55. The molecule has 58 valence electrons. The van der Waals surface area contributed by atoms with E-state index in [1.54, 1.807) is 0 Å². The van der Waals surface area contributed by atoms with Crippen molar-refractivity contribution in [2.45, 2.75) is 26.3 Å². The molecule has 0 aliphatic carbocycles. The smallest absolute Gasteiger partial charge is 0.0165 e. The van der Waals surface area contributed by atoms with Gasteiger partial charge in [0.05, 0.1) is 0 Å². The van der Waals surface area contributed by atoms with Crippen LogP contribution in [-0.4, -0.2) is 12.6 Å². The molecule has 0 saturated carbocycles. The second-order valence-electron chi connectivity index (χ2n) is 2.63. The van der Waals surface area contributed by atoms with E-state index < -0.39 is 0 Å². The molecule has 0 saturated heterocycles. The van der Waals surface area contributed by atoms with Gasteiger partial charge in [-0.05, 0) is 12.3 Å². The first-order valence-electron chi connectivity index (χ1n) is 3.12. The lowest BCUT2D eigenvalue weighted by Crippen LogP contribution is -2.30. The highest BCUT2D eigenvalue weighted by Crippen LogP contribution is 2.00. The Balaban J connectivity index is 0. The van der Waals surface area contributed by atoms with Gasteiger partial charge in [-0.15, -0.1) is 12.4 Å². The molecule has 0 aromatic heterocycles. The van der Waals surface area contributed by atoms with Crippen LogP contribution in [0.1, 0.15) is 20.3 Å². The van der Waals surface area contributed by atoms with Gasteiger partial charge in [0.2, 0.25) is 0 Å². The third-order valence-corrected chi connectivity index (χ3v) is 1.08. The number of hydrogen-bond donors (Lipinski definition) is 2. The van der Waals surface area contributed by atoms with E-state index in [1.807, 2.05) is 0 Å². The van der Waals surface area contributed by atoms with Crippen LogP contribution >= 0.6 is 12.4 Å². The molecule has 3 heteroatoms. The largest absolute Gasteiger partial charge is 0.329 e. The fourth-order valence-corrected chi connectivity index (χ4v) is 0.702. The Morgan fingerprint density at radius 2 is 1.78 bits per heavy atom. The average Bonchev–Trinajstić information content (AvgIpc) is 1.65. The minimum absolute atomic E-state index is 0. The summed E-state index contributed by atoms with van der Waals surface area (Å²) in [6, 6.07) is 0.204. The first kappa shape index (κ1) is 11.9. The SMILES string of the molecule is CC(C)CC(N)CN.Cl. The highest BCUT2D eigenvalue weighted by molar-refractivity contribution is 5.85. The van der Waals surface area contributed by atoms with Crippen LogP contribution in [-0.2, 0) is 0 Å². The van der Waals surface area contributed by atoms with Gasteiger partial charge in [0.15, 0.2) is 0 Å².